The lowest BCUT2D eigenvalue weighted by Gasteiger charge is -2.25. The Hall–Kier alpha value is -4.41. The molecule has 0 spiro atoms. The number of amides is 2. The minimum atomic E-state index is -5.08. The van der Waals surface area contributed by atoms with E-state index in [1.807, 2.05) is 42.5 Å². The first-order valence-electron chi connectivity index (χ1n) is 11.0. The van der Waals surface area contributed by atoms with Crippen LogP contribution < -0.4 is 10.1 Å². The summed E-state index contributed by atoms with van der Waals surface area (Å²) < 4.78 is 37.5. The summed E-state index contributed by atoms with van der Waals surface area (Å²) >= 11 is 0. The van der Waals surface area contributed by atoms with Crippen molar-refractivity contribution in [1.29, 1.82) is 0 Å². The molecule has 8 nitrogen and oxygen atoms in total. The van der Waals surface area contributed by atoms with E-state index in [4.69, 9.17) is 14.6 Å². The van der Waals surface area contributed by atoms with Crippen LogP contribution in [-0.2, 0) is 16.0 Å². The Bertz CT molecular complexity index is 1280. The van der Waals surface area contributed by atoms with E-state index < -0.39 is 12.1 Å². The monoisotopic (exact) mass is 515 g/mol. The minimum Gasteiger partial charge on any atom is -0.492 e. The summed E-state index contributed by atoms with van der Waals surface area (Å²) in [5, 5.41) is 10.1. The van der Waals surface area contributed by atoms with Crippen LogP contribution in [0.1, 0.15) is 15.9 Å². The Morgan fingerprint density at radius 1 is 1.03 bits per heavy atom. The maximum absolute atomic E-state index is 13.0. The van der Waals surface area contributed by atoms with E-state index in [0.29, 0.717) is 24.3 Å². The number of benzene rings is 2. The van der Waals surface area contributed by atoms with Crippen LogP contribution in [0.15, 0.2) is 67.0 Å². The molecule has 11 heteroatoms. The molecule has 0 bridgehead atoms. The molecule has 0 fully saturated rings. The lowest BCUT2D eigenvalue weighted by molar-refractivity contribution is -0.192. The minimum absolute atomic E-state index is 0.158. The van der Waals surface area contributed by atoms with Crippen LogP contribution in [0.3, 0.4) is 0 Å². The van der Waals surface area contributed by atoms with Crippen LogP contribution >= 0.6 is 0 Å². The van der Waals surface area contributed by atoms with Crippen LogP contribution in [0.2, 0.25) is 0 Å². The summed E-state index contributed by atoms with van der Waals surface area (Å²) in [6.07, 6.45) is -1.06. The maximum Gasteiger partial charge on any atom is 0.490 e. The highest BCUT2D eigenvalue weighted by Gasteiger charge is 2.38. The standard InChI is InChI=1S/C24H23N3O3.C2HF3O2/c1-27(2)24(29)20-14-17(16-9-11-25-12-10-16)7-8-21(20)26-23(28)19-13-18-5-3-4-6-22(18)30-15-19;3-2(4,5)1(6)7/h3-12,14,19H,13,15H2,1-2H3,(H,26,28);(H,6,7). The molecule has 2 heterocycles. The first kappa shape index (κ1) is 27.2. The number of fused-ring (bicyclic) bond motifs is 1. The molecule has 1 aromatic heterocycles. The Balaban J connectivity index is 0.000000479. The number of anilines is 1. The molecule has 1 aliphatic heterocycles. The number of halogens is 3. The van der Waals surface area contributed by atoms with Crippen LogP contribution in [0, 0.1) is 5.92 Å². The summed E-state index contributed by atoms with van der Waals surface area (Å²) in [5.74, 6) is -2.58. The molecule has 3 aromatic rings. The van der Waals surface area contributed by atoms with Gasteiger partial charge in [-0.2, -0.15) is 13.2 Å². The van der Waals surface area contributed by atoms with Crippen LogP contribution in [0.5, 0.6) is 5.75 Å². The highest BCUT2D eigenvalue weighted by Crippen LogP contribution is 2.29. The number of nitrogens with zero attached hydrogens (tertiary/aromatic N) is 2. The Labute approximate surface area is 210 Å². The molecular weight excluding hydrogens is 491 g/mol. The number of rotatable bonds is 4. The molecule has 0 saturated heterocycles. The van der Waals surface area contributed by atoms with E-state index in [1.165, 1.54) is 4.90 Å². The second kappa shape index (κ2) is 11.5. The van der Waals surface area contributed by atoms with Crippen molar-refractivity contribution in [2.24, 2.45) is 5.92 Å². The van der Waals surface area contributed by atoms with Crippen LogP contribution in [0.25, 0.3) is 11.1 Å². The zero-order valence-electron chi connectivity index (χ0n) is 20.0. The average Bonchev–Trinajstić information content (AvgIpc) is 2.88. The van der Waals surface area contributed by atoms with Crippen molar-refractivity contribution in [2.75, 3.05) is 26.0 Å². The van der Waals surface area contributed by atoms with Crippen LogP contribution in [-0.4, -0.2) is 59.7 Å². The maximum atomic E-state index is 13.0. The van der Waals surface area contributed by atoms with E-state index in [2.05, 4.69) is 10.3 Å². The molecule has 1 unspecified atom stereocenters. The van der Waals surface area contributed by atoms with Gasteiger partial charge in [0.2, 0.25) is 5.91 Å². The van der Waals surface area contributed by atoms with Gasteiger partial charge in [0.1, 0.15) is 12.4 Å². The smallest absolute Gasteiger partial charge is 0.490 e. The number of carbonyl (C=O) groups excluding carboxylic acids is 2. The number of para-hydroxylation sites is 1. The number of hydrogen-bond donors (Lipinski definition) is 2. The van der Waals surface area contributed by atoms with Gasteiger partial charge < -0.3 is 20.1 Å². The van der Waals surface area contributed by atoms with E-state index in [1.54, 1.807) is 38.6 Å². The van der Waals surface area contributed by atoms with Crippen molar-refractivity contribution in [3.63, 3.8) is 0 Å². The molecule has 37 heavy (non-hydrogen) atoms. The molecule has 2 N–H and O–H groups in total. The fourth-order valence-electron chi connectivity index (χ4n) is 3.53. The van der Waals surface area contributed by atoms with Crippen molar-refractivity contribution in [3.8, 4) is 16.9 Å². The summed E-state index contributed by atoms with van der Waals surface area (Å²) in [7, 11) is 3.39. The number of hydrogen-bond acceptors (Lipinski definition) is 5. The number of aromatic nitrogens is 1. The zero-order chi connectivity index (χ0) is 27.2. The van der Waals surface area contributed by atoms with E-state index in [0.717, 1.165) is 22.4 Å². The van der Waals surface area contributed by atoms with Crippen molar-refractivity contribution in [1.82, 2.24) is 9.88 Å². The van der Waals surface area contributed by atoms with E-state index >= 15 is 0 Å². The van der Waals surface area contributed by atoms with Gasteiger partial charge in [0, 0.05) is 26.5 Å². The van der Waals surface area contributed by atoms with E-state index in [-0.39, 0.29) is 17.7 Å². The summed E-state index contributed by atoms with van der Waals surface area (Å²) in [6.45, 7) is 0.314. The Kier molecular flexibility index (Phi) is 8.49. The molecule has 1 aliphatic rings. The third-order valence-electron chi connectivity index (χ3n) is 5.42. The average molecular weight is 515 g/mol. The fourth-order valence-corrected chi connectivity index (χ4v) is 3.53. The van der Waals surface area contributed by atoms with Gasteiger partial charge in [-0.05, 0) is 53.4 Å². The fraction of sp³-hybridized carbons (Fsp3) is 0.231. The lowest BCUT2D eigenvalue weighted by Crippen LogP contribution is -2.33. The molecule has 1 atom stereocenters. The first-order valence-corrected chi connectivity index (χ1v) is 11.0. The number of ether oxygens (including phenoxy) is 1. The second-order valence-corrected chi connectivity index (χ2v) is 8.31. The van der Waals surface area contributed by atoms with Crippen molar-refractivity contribution in [2.45, 2.75) is 12.6 Å². The summed E-state index contributed by atoms with van der Waals surface area (Å²) in [5.41, 5.74) is 3.79. The van der Waals surface area contributed by atoms with Gasteiger partial charge in [0.25, 0.3) is 5.91 Å². The summed E-state index contributed by atoms with van der Waals surface area (Å²) in [6, 6.07) is 17.0. The summed E-state index contributed by atoms with van der Waals surface area (Å²) in [4.78, 5) is 40.2. The first-order chi connectivity index (χ1) is 17.5. The van der Waals surface area contributed by atoms with Crippen molar-refractivity contribution in [3.05, 3.63) is 78.1 Å². The molecular formula is C26H24F3N3O5. The van der Waals surface area contributed by atoms with Gasteiger partial charge in [-0.1, -0.05) is 24.3 Å². The van der Waals surface area contributed by atoms with Gasteiger partial charge in [0.05, 0.1) is 17.2 Å². The predicted octanol–water partition coefficient (Wildman–Crippen LogP) is 4.27. The molecule has 4 rings (SSSR count). The zero-order valence-corrected chi connectivity index (χ0v) is 20.0. The number of carboxylic acid groups (broad SMARTS) is 1. The number of aliphatic carboxylic acids is 1. The molecule has 0 radical (unpaired) electrons. The Morgan fingerprint density at radius 3 is 2.30 bits per heavy atom. The van der Waals surface area contributed by atoms with Crippen molar-refractivity contribution < 1.29 is 37.4 Å². The Morgan fingerprint density at radius 2 is 1.68 bits per heavy atom. The van der Waals surface area contributed by atoms with Gasteiger partial charge >= 0.3 is 12.1 Å². The van der Waals surface area contributed by atoms with Crippen LogP contribution in [0.4, 0.5) is 18.9 Å². The van der Waals surface area contributed by atoms with E-state index in [9.17, 15) is 22.8 Å². The molecule has 2 aromatic carbocycles. The molecule has 194 valence electrons. The number of alkyl halides is 3. The quantitative estimate of drug-likeness (QED) is 0.537. The molecule has 0 aliphatic carbocycles. The topological polar surface area (TPSA) is 109 Å². The molecule has 2 amide bonds. The second-order valence-electron chi connectivity index (χ2n) is 8.31. The third-order valence-corrected chi connectivity index (χ3v) is 5.42. The van der Waals surface area contributed by atoms with Gasteiger partial charge in [-0.25, -0.2) is 4.79 Å². The predicted molar refractivity (Wildman–Crippen MR) is 129 cm³/mol. The lowest BCUT2D eigenvalue weighted by atomic mass is 9.95. The normalized spacial score (nSPS) is 14.2. The van der Waals surface area contributed by atoms with Crippen molar-refractivity contribution >= 4 is 23.5 Å². The number of nitrogens with one attached hydrogen (secondary N) is 1. The van der Waals surface area contributed by atoms with Gasteiger partial charge in [-0.15, -0.1) is 0 Å². The highest BCUT2D eigenvalue weighted by atomic mass is 19.4. The van der Waals surface area contributed by atoms with Gasteiger partial charge in [-0.3, -0.25) is 14.6 Å². The number of carbonyl (C=O) groups is 3. The highest BCUT2D eigenvalue weighted by molar-refractivity contribution is 6.05. The van der Waals surface area contributed by atoms with Gasteiger partial charge in [0.15, 0.2) is 0 Å². The number of pyridine rings is 1. The number of carboxylic acids is 1. The largest absolute Gasteiger partial charge is 0.492 e. The third kappa shape index (κ3) is 7.06. The SMILES string of the molecule is CN(C)C(=O)c1cc(-c2ccncc2)ccc1NC(=O)C1COc2ccccc2C1.O=C(O)C(F)(F)F. The molecule has 0 saturated carbocycles.